The molecule has 24 heavy (non-hydrogen) atoms. The molecule has 1 saturated heterocycles. The average molecular weight is 328 g/mol. The molecular weight excluding hydrogens is 307 g/mol. The maximum absolute atomic E-state index is 13.3. The Bertz CT molecular complexity index is 735. The number of nitrogens with one attached hydrogen (secondary N) is 1. The van der Waals surface area contributed by atoms with Gasteiger partial charge in [-0.15, -0.1) is 0 Å². The Morgan fingerprint density at radius 2 is 2.08 bits per heavy atom. The van der Waals surface area contributed by atoms with Gasteiger partial charge < -0.3 is 15.0 Å². The highest BCUT2D eigenvalue weighted by molar-refractivity contribution is 5.66. The van der Waals surface area contributed by atoms with Gasteiger partial charge in [-0.25, -0.2) is 14.4 Å². The number of rotatable bonds is 2. The van der Waals surface area contributed by atoms with Gasteiger partial charge in [0.05, 0.1) is 30.6 Å². The van der Waals surface area contributed by atoms with E-state index in [0.29, 0.717) is 13.2 Å². The Labute approximate surface area is 140 Å². The van der Waals surface area contributed by atoms with E-state index >= 15 is 0 Å². The first-order valence-electron chi connectivity index (χ1n) is 8.43. The largest absolute Gasteiger partial charge is 0.377 e. The topological polar surface area (TPSA) is 50.3 Å². The summed E-state index contributed by atoms with van der Waals surface area (Å²) in [5.74, 6) is 0.521. The molecule has 1 fully saturated rings. The summed E-state index contributed by atoms with van der Waals surface area (Å²) in [5.41, 5.74) is 4.05. The molecule has 2 aromatic rings. The molecule has 0 saturated carbocycles. The van der Waals surface area contributed by atoms with Gasteiger partial charge in [-0.05, 0) is 31.2 Å². The van der Waals surface area contributed by atoms with E-state index in [4.69, 9.17) is 14.7 Å². The highest BCUT2D eigenvalue weighted by Gasteiger charge is 2.25. The van der Waals surface area contributed by atoms with Gasteiger partial charge in [0.2, 0.25) is 5.95 Å². The van der Waals surface area contributed by atoms with Crippen LogP contribution >= 0.6 is 0 Å². The molecular formula is C18H21FN4O. The molecule has 4 rings (SSSR count). The first-order chi connectivity index (χ1) is 11.7. The summed E-state index contributed by atoms with van der Waals surface area (Å²) in [6.45, 7) is 5.97. The predicted molar refractivity (Wildman–Crippen MR) is 90.5 cm³/mol. The van der Waals surface area contributed by atoms with Crippen LogP contribution in [0.3, 0.4) is 0 Å². The molecule has 1 aromatic carbocycles. The number of nitrogens with zero attached hydrogens (tertiary/aromatic N) is 3. The summed E-state index contributed by atoms with van der Waals surface area (Å²) in [5, 5.41) is 3.38. The van der Waals surface area contributed by atoms with Gasteiger partial charge >= 0.3 is 0 Å². The summed E-state index contributed by atoms with van der Waals surface area (Å²) in [4.78, 5) is 11.9. The van der Waals surface area contributed by atoms with Crippen LogP contribution < -0.4 is 10.2 Å². The standard InChI is InChI=1S/C18H21FN4O/c1-12-11-24-9-8-23(12)18-21-16-6-7-20-10-15(16)17(22-18)13-2-4-14(19)5-3-13/h2-5,12,20H,6-11H2,1H3. The molecule has 0 bridgehead atoms. The minimum absolute atomic E-state index is 0.234. The number of fused-ring (bicyclic) bond motifs is 1. The van der Waals surface area contributed by atoms with E-state index in [2.05, 4.69) is 17.1 Å². The van der Waals surface area contributed by atoms with Crippen molar-refractivity contribution in [2.45, 2.75) is 25.9 Å². The van der Waals surface area contributed by atoms with Crippen LogP contribution in [0.2, 0.25) is 0 Å². The zero-order valence-electron chi connectivity index (χ0n) is 13.8. The second kappa shape index (κ2) is 6.45. The van der Waals surface area contributed by atoms with E-state index in [-0.39, 0.29) is 11.9 Å². The first kappa shape index (κ1) is 15.5. The van der Waals surface area contributed by atoms with E-state index in [1.54, 1.807) is 12.1 Å². The van der Waals surface area contributed by atoms with Crippen molar-refractivity contribution in [1.82, 2.24) is 15.3 Å². The Kier molecular flexibility index (Phi) is 4.16. The van der Waals surface area contributed by atoms with E-state index in [1.165, 1.54) is 12.1 Å². The Morgan fingerprint density at radius 1 is 1.25 bits per heavy atom. The van der Waals surface area contributed by atoms with Crippen molar-refractivity contribution in [3.63, 3.8) is 0 Å². The lowest BCUT2D eigenvalue weighted by molar-refractivity contribution is 0.0980. The van der Waals surface area contributed by atoms with Crippen LogP contribution in [-0.4, -0.2) is 42.3 Å². The molecule has 3 heterocycles. The van der Waals surface area contributed by atoms with Gasteiger partial charge in [-0.1, -0.05) is 0 Å². The molecule has 5 nitrogen and oxygen atoms in total. The van der Waals surface area contributed by atoms with Crippen molar-refractivity contribution in [1.29, 1.82) is 0 Å². The average Bonchev–Trinajstić information content (AvgIpc) is 2.62. The number of halogens is 1. The Morgan fingerprint density at radius 3 is 2.88 bits per heavy atom. The van der Waals surface area contributed by atoms with Crippen LogP contribution in [0.25, 0.3) is 11.3 Å². The molecule has 1 unspecified atom stereocenters. The third kappa shape index (κ3) is 2.87. The monoisotopic (exact) mass is 328 g/mol. The molecule has 0 amide bonds. The zero-order valence-corrected chi connectivity index (χ0v) is 13.8. The summed E-state index contributed by atoms with van der Waals surface area (Å²) >= 11 is 0. The molecule has 6 heteroatoms. The number of morpholine rings is 1. The van der Waals surface area contributed by atoms with Gasteiger partial charge in [0, 0.05) is 37.2 Å². The number of hydrogen-bond acceptors (Lipinski definition) is 5. The van der Waals surface area contributed by atoms with Gasteiger partial charge in [0.25, 0.3) is 0 Å². The number of benzene rings is 1. The van der Waals surface area contributed by atoms with Crippen LogP contribution in [0.5, 0.6) is 0 Å². The normalized spacial score (nSPS) is 20.8. The zero-order chi connectivity index (χ0) is 16.5. The minimum Gasteiger partial charge on any atom is -0.377 e. The molecule has 0 radical (unpaired) electrons. The van der Waals surface area contributed by atoms with Crippen LogP contribution in [0.1, 0.15) is 18.2 Å². The van der Waals surface area contributed by atoms with Crippen LogP contribution in [-0.2, 0) is 17.7 Å². The lowest BCUT2D eigenvalue weighted by Crippen LogP contribution is -2.45. The van der Waals surface area contributed by atoms with Gasteiger partial charge in [-0.2, -0.15) is 0 Å². The highest BCUT2D eigenvalue weighted by atomic mass is 19.1. The number of anilines is 1. The third-order valence-electron chi connectivity index (χ3n) is 4.66. The summed E-state index contributed by atoms with van der Waals surface area (Å²) < 4.78 is 18.8. The minimum atomic E-state index is -0.234. The first-order valence-corrected chi connectivity index (χ1v) is 8.43. The van der Waals surface area contributed by atoms with Crippen molar-refractivity contribution < 1.29 is 9.13 Å². The van der Waals surface area contributed by atoms with E-state index < -0.39 is 0 Å². The summed E-state index contributed by atoms with van der Waals surface area (Å²) in [7, 11) is 0. The highest BCUT2D eigenvalue weighted by Crippen LogP contribution is 2.29. The maximum atomic E-state index is 13.3. The van der Waals surface area contributed by atoms with E-state index in [1.807, 2.05) is 0 Å². The molecule has 1 atom stereocenters. The molecule has 2 aliphatic heterocycles. The molecule has 1 aromatic heterocycles. The van der Waals surface area contributed by atoms with E-state index in [0.717, 1.165) is 54.5 Å². The lowest BCUT2D eigenvalue weighted by atomic mass is 10.0. The SMILES string of the molecule is CC1COCCN1c1nc2c(c(-c3ccc(F)cc3)n1)CNCC2. The quantitative estimate of drug-likeness (QED) is 0.915. The van der Waals surface area contributed by atoms with Crippen molar-refractivity contribution in [3.05, 3.63) is 41.3 Å². The fourth-order valence-electron chi connectivity index (χ4n) is 3.33. The molecule has 2 aliphatic rings. The van der Waals surface area contributed by atoms with Crippen LogP contribution in [0, 0.1) is 5.82 Å². The van der Waals surface area contributed by atoms with Crippen LogP contribution in [0.4, 0.5) is 10.3 Å². The predicted octanol–water partition coefficient (Wildman–Crippen LogP) is 2.15. The summed E-state index contributed by atoms with van der Waals surface area (Å²) in [6, 6.07) is 6.80. The van der Waals surface area contributed by atoms with Gasteiger partial charge in [-0.3, -0.25) is 0 Å². The Balaban J connectivity index is 1.81. The van der Waals surface area contributed by atoms with Crippen molar-refractivity contribution in [2.75, 3.05) is 31.2 Å². The summed E-state index contributed by atoms with van der Waals surface area (Å²) in [6.07, 6.45) is 0.887. The maximum Gasteiger partial charge on any atom is 0.226 e. The molecule has 1 N–H and O–H groups in total. The smallest absolute Gasteiger partial charge is 0.226 e. The lowest BCUT2D eigenvalue weighted by Gasteiger charge is -2.34. The third-order valence-corrected chi connectivity index (χ3v) is 4.66. The van der Waals surface area contributed by atoms with Crippen molar-refractivity contribution in [2.24, 2.45) is 0 Å². The fourth-order valence-corrected chi connectivity index (χ4v) is 3.33. The number of ether oxygens (including phenoxy) is 1. The van der Waals surface area contributed by atoms with Crippen molar-refractivity contribution >= 4 is 5.95 Å². The number of hydrogen-bond donors (Lipinski definition) is 1. The van der Waals surface area contributed by atoms with Gasteiger partial charge in [0.15, 0.2) is 0 Å². The number of aromatic nitrogens is 2. The molecule has 0 aliphatic carbocycles. The van der Waals surface area contributed by atoms with Crippen LogP contribution in [0.15, 0.2) is 24.3 Å². The Hall–Kier alpha value is -2.05. The van der Waals surface area contributed by atoms with E-state index in [9.17, 15) is 4.39 Å². The fraction of sp³-hybridized carbons (Fsp3) is 0.444. The second-order valence-electron chi connectivity index (χ2n) is 6.35. The van der Waals surface area contributed by atoms with Crippen molar-refractivity contribution in [3.8, 4) is 11.3 Å². The molecule has 126 valence electrons. The molecule has 0 spiro atoms. The second-order valence-corrected chi connectivity index (χ2v) is 6.35. The van der Waals surface area contributed by atoms with Gasteiger partial charge in [0.1, 0.15) is 5.82 Å².